The van der Waals surface area contributed by atoms with Crippen LogP contribution in [0.15, 0.2) is 24.7 Å². The van der Waals surface area contributed by atoms with Gasteiger partial charge in [0.2, 0.25) is 0 Å². The van der Waals surface area contributed by atoms with Crippen LogP contribution in [-0.2, 0) is 0 Å². The third-order valence-corrected chi connectivity index (χ3v) is 3.51. The number of hydrogen-bond donors (Lipinski definition) is 1. The number of rotatable bonds is 2. The third-order valence-electron chi connectivity index (χ3n) is 3.51. The van der Waals surface area contributed by atoms with E-state index in [1.165, 1.54) is 0 Å². The van der Waals surface area contributed by atoms with Crippen LogP contribution in [0.1, 0.15) is 13.3 Å². The fourth-order valence-corrected chi connectivity index (χ4v) is 2.46. The Hall–Kier alpha value is -1.62. The third kappa shape index (κ3) is 1.76. The maximum atomic E-state index is 9.63. The molecular weight excluding hydrogens is 216 g/mol. The molecule has 0 amide bonds. The Morgan fingerprint density at radius 2 is 2.35 bits per heavy atom. The van der Waals surface area contributed by atoms with Crippen LogP contribution in [0.5, 0.6) is 0 Å². The first-order chi connectivity index (χ1) is 8.25. The molecule has 0 radical (unpaired) electrons. The molecule has 3 rings (SSSR count). The Morgan fingerprint density at radius 3 is 3.12 bits per heavy atom. The monoisotopic (exact) mass is 232 g/mol. The van der Waals surface area contributed by atoms with Crippen LogP contribution < -0.4 is 4.90 Å². The van der Waals surface area contributed by atoms with Gasteiger partial charge in [-0.3, -0.25) is 0 Å². The summed E-state index contributed by atoms with van der Waals surface area (Å²) in [4.78, 5) is 6.67. The van der Waals surface area contributed by atoms with Gasteiger partial charge in [-0.15, -0.1) is 0 Å². The zero-order valence-corrected chi connectivity index (χ0v) is 9.82. The van der Waals surface area contributed by atoms with Gasteiger partial charge in [0.25, 0.3) is 0 Å². The van der Waals surface area contributed by atoms with Crippen LogP contribution in [-0.4, -0.2) is 38.9 Å². The second-order valence-corrected chi connectivity index (χ2v) is 4.65. The van der Waals surface area contributed by atoms with Crippen LogP contribution in [0.4, 0.5) is 5.82 Å². The molecule has 1 aliphatic heterocycles. The molecule has 2 atom stereocenters. The van der Waals surface area contributed by atoms with Crippen molar-refractivity contribution in [3.8, 4) is 0 Å². The molecule has 1 N–H and O–H groups in total. The molecule has 1 aliphatic rings. The summed E-state index contributed by atoms with van der Waals surface area (Å²) in [5.41, 5.74) is 1.03. The Kier molecular flexibility index (Phi) is 2.48. The summed E-state index contributed by atoms with van der Waals surface area (Å²) in [5, 5.41) is 13.8. The van der Waals surface area contributed by atoms with Gasteiger partial charge in [0, 0.05) is 31.4 Å². The highest BCUT2D eigenvalue weighted by Gasteiger charge is 2.27. The van der Waals surface area contributed by atoms with Gasteiger partial charge in [0.05, 0.1) is 12.3 Å². The van der Waals surface area contributed by atoms with Crippen molar-refractivity contribution in [2.45, 2.75) is 19.4 Å². The predicted octanol–water partition coefficient (Wildman–Crippen LogP) is 0.936. The average Bonchev–Trinajstić information content (AvgIpc) is 2.97. The van der Waals surface area contributed by atoms with Crippen LogP contribution in [0.25, 0.3) is 5.52 Å². The predicted molar refractivity (Wildman–Crippen MR) is 65.0 cm³/mol. The van der Waals surface area contributed by atoms with Gasteiger partial charge in [0.15, 0.2) is 5.82 Å². The summed E-state index contributed by atoms with van der Waals surface area (Å²) in [7, 11) is 0. The van der Waals surface area contributed by atoms with Gasteiger partial charge in [-0.25, -0.2) is 9.50 Å². The lowest BCUT2D eigenvalue weighted by Gasteiger charge is -2.19. The van der Waals surface area contributed by atoms with Crippen LogP contribution in [0, 0.1) is 5.92 Å². The summed E-state index contributed by atoms with van der Waals surface area (Å²) in [6.07, 6.45) is 6.17. The fourth-order valence-electron chi connectivity index (χ4n) is 2.46. The van der Waals surface area contributed by atoms with E-state index >= 15 is 0 Å². The van der Waals surface area contributed by atoms with Crippen LogP contribution in [0.3, 0.4) is 0 Å². The van der Waals surface area contributed by atoms with E-state index in [1.807, 2.05) is 23.7 Å². The number of nitrogens with zero attached hydrogens (tertiary/aromatic N) is 4. The molecule has 0 spiro atoms. The van der Waals surface area contributed by atoms with Crippen molar-refractivity contribution in [2.24, 2.45) is 5.92 Å². The highest BCUT2D eigenvalue weighted by Crippen LogP contribution is 2.26. The summed E-state index contributed by atoms with van der Waals surface area (Å²) >= 11 is 0. The number of aliphatic hydroxyl groups is 1. The molecule has 1 saturated heterocycles. The molecule has 0 aliphatic carbocycles. The zero-order valence-electron chi connectivity index (χ0n) is 9.82. The molecule has 5 heteroatoms. The van der Waals surface area contributed by atoms with Gasteiger partial charge in [-0.2, -0.15) is 5.10 Å². The van der Waals surface area contributed by atoms with E-state index in [4.69, 9.17) is 0 Å². The Bertz CT molecular complexity index is 522. The number of aromatic nitrogens is 3. The van der Waals surface area contributed by atoms with Gasteiger partial charge < -0.3 is 10.0 Å². The molecule has 0 aromatic carbocycles. The highest BCUT2D eigenvalue weighted by atomic mass is 16.3. The second-order valence-electron chi connectivity index (χ2n) is 4.65. The van der Waals surface area contributed by atoms with E-state index in [-0.39, 0.29) is 6.10 Å². The smallest absolute Gasteiger partial charge is 0.154 e. The normalized spacial score (nSPS) is 22.2. The molecule has 0 bridgehead atoms. The minimum absolute atomic E-state index is 0.246. The molecule has 17 heavy (non-hydrogen) atoms. The van der Waals surface area contributed by atoms with E-state index < -0.39 is 0 Å². The SMILES string of the molecule is CC(O)C1CCN(c2nccn3nccc23)C1. The number of hydrogen-bond acceptors (Lipinski definition) is 4. The van der Waals surface area contributed by atoms with Crippen molar-refractivity contribution in [3.63, 3.8) is 0 Å². The fraction of sp³-hybridized carbons (Fsp3) is 0.500. The van der Waals surface area contributed by atoms with Crippen molar-refractivity contribution in [1.82, 2.24) is 14.6 Å². The largest absolute Gasteiger partial charge is 0.393 e. The van der Waals surface area contributed by atoms with Crippen molar-refractivity contribution in [3.05, 3.63) is 24.7 Å². The Balaban J connectivity index is 1.92. The van der Waals surface area contributed by atoms with E-state index in [0.717, 1.165) is 30.8 Å². The van der Waals surface area contributed by atoms with Crippen molar-refractivity contribution in [1.29, 1.82) is 0 Å². The van der Waals surface area contributed by atoms with E-state index in [9.17, 15) is 5.11 Å². The Labute approximate surface area is 99.7 Å². The molecule has 3 heterocycles. The maximum absolute atomic E-state index is 9.63. The highest BCUT2D eigenvalue weighted by molar-refractivity contribution is 5.68. The Morgan fingerprint density at radius 1 is 1.47 bits per heavy atom. The first kappa shape index (κ1) is 10.5. The van der Waals surface area contributed by atoms with Gasteiger partial charge in [-0.05, 0) is 19.4 Å². The van der Waals surface area contributed by atoms with Gasteiger partial charge in [0.1, 0.15) is 5.52 Å². The number of fused-ring (bicyclic) bond motifs is 1. The van der Waals surface area contributed by atoms with Crippen molar-refractivity contribution < 1.29 is 5.11 Å². The first-order valence-corrected chi connectivity index (χ1v) is 5.97. The topological polar surface area (TPSA) is 53.7 Å². The van der Waals surface area contributed by atoms with E-state index in [0.29, 0.717) is 5.92 Å². The van der Waals surface area contributed by atoms with E-state index in [2.05, 4.69) is 15.0 Å². The van der Waals surface area contributed by atoms with Gasteiger partial charge in [-0.1, -0.05) is 0 Å². The number of anilines is 1. The molecule has 5 nitrogen and oxygen atoms in total. The maximum Gasteiger partial charge on any atom is 0.154 e. The van der Waals surface area contributed by atoms with Gasteiger partial charge >= 0.3 is 0 Å². The quantitative estimate of drug-likeness (QED) is 0.837. The summed E-state index contributed by atoms with van der Waals surface area (Å²) in [6, 6.07) is 1.97. The zero-order chi connectivity index (χ0) is 11.8. The van der Waals surface area contributed by atoms with Crippen molar-refractivity contribution in [2.75, 3.05) is 18.0 Å². The molecule has 2 aromatic heterocycles. The minimum Gasteiger partial charge on any atom is -0.393 e. The van der Waals surface area contributed by atoms with E-state index in [1.54, 1.807) is 12.4 Å². The lowest BCUT2D eigenvalue weighted by molar-refractivity contribution is 0.136. The lowest BCUT2D eigenvalue weighted by Crippen LogP contribution is -2.25. The average molecular weight is 232 g/mol. The van der Waals surface area contributed by atoms with Crippen LogP contribution >= 0.6 is 0 Å². The first-order valence-electron chi connectivity index (χ1n) is 5.97. The summed E-state index contributed by atoms with van der Waals surface area (Å²) in [6.45, 7) is 3.68. The second kappa shape index (κ2) is 4.00. The molecule has 2 unspecified atom stereocenters. The standard InChI is InChI=1S/C12H16N4O/c1-9(17)10-3-6-15(8-10)12-11-2-4-14-16(11)7-5-13-12/h2,4-5,7,9-10,17H,3,6,8H2,1H3. The molecule has 2 aromatic rings. The summed E-state index contributed by atoms with van der Waals surface area (Å²) < 4.78 is 1.83. The lowest BCUT2D eigenvalue weighted by atomic mass is 10.0. The summed E-state index contributed by atoms with van der Waals surface area (Å²) in [5.74, 6) is 1.31. The van der Waals surface area contributed by atoms with Crippen molar-refractivity contribution >= 4 is 11.3 Å². The molecule has 1 fully saturated rings. The molecular formula is C12H16N4O. The number of aliphatic hydroxyl groups excluding tert-OH is 1. The minimum atomic E-state index is -0.246. The molecule has 90 valence electrons. The van der Waals surface area contributed by atoms with Crippen LogP contribution in [0.2, 0.25) is 0 Å². The molecule has 0 saturated carbocycles.